The number of allylic oxidation sites excluding steroid dienone is 4. The van der Waals surface area contributed by atoms with Crippen molar-refractivity contribution in [1.82, 2.24) is 0 Å². The van der Waals surface area contributed by atoms with Gasteiger partial charge >= 0.3 is 0 Å². The molecule has 0 unspecified atom stereocenters. The molecule has 0 saturated carbocycles. The summed E-state index contributed by atoms with van der Waals surface area (Å²) in [6.07, 6.45) is 6.40. The summed E-state index contributed by atoms with van der Waals surface area (Å²) in [7, 11) is 0. The van der Waals surface area contributed by atoms with E-state index in [0.717, 1.165) is 0 Å². The quantitative estimate of drug-likeness (QED) is 0.500. The smallest absolute Gasteiger partial charge is 0 e. The summed E-state index contributed by atoms with van der Waals surface area (Å²) < 4.78 is 0. The molecule has 0 rings (SSSR count). The van der Waals surface area contributed by atoms with Crippen molar-refractivity contribution >= 4 is 0 Å². The van der Waals surface area contributed by atoms with E-state index in [1.54, 1.807) is 0 Å². The van der Waals surface area contributed by atoms with Crippen molar-refractivity contribution in [2.24, 2.45) is 5.92 Å². The van der Waals surface area contributed by atoms with Crippen molar-refractivity contribution in [1.29, 1.82) is 0 Å². The first-order chi connectivity index (χ1) is 4.57. The van der Waals surface area contributed by atoms with E-state index in [0.29, 0.717) is 5.92 Å². The molecule has 0 N–H and O–H groups in total. The molecule has 1 radical (unpaired) electrons. The van der Waals surface area contributed by atoms with E-state index in [4.69, 9.17) is 0 Å². The molecule has 0 heterocycles. The van der Waals surface area contributed by atoms with Crippen LogP contribution < -0.4 is 0 Å². The molecule has 0 aliphatic heterocycles. The molecule has 11 heavy (non-hydrogen) atoms. The van der Waals surface area contributed by atoms with Crippen molar-refractivity contribution in [3.63, 3.8) is 0 Å². The Morgan fingerprint density at radius 1 is 1.09 bits per heavy atom. The van der Waals surface area contributed by atoms with Crippen LogP contribution in [0.15, 0.2) is 11.1 Å². The van der Waals surface area contributed by atoms with Gasteiger partial charge in [-0.3, -0.25) is 0 Å². The Balaban J connectivity index is 0. The zero-order valence-electron chi connectivity index (χ0n) is 8.15. The third-order valence-corrected chi connectivity index (χ3v) is 1.44. The minimum absolute atomic E-state index is 0. The predicted molar refractivity (Wildman–Crippen MR) is 45.4 cm³/mol. The normalized spacial score (nSPS) is 13.3. The average Bonchev–Trinajstić information content (AvgIpc) is 1.85. The van der Waals surface area contributed by atoms with E-state index in [9.17, 15) is 0 Å². The van der Waals surface area contributed by atoms with E-state index in [2.05, 4.69) is 39.8 Å². The van der Waals surface area contributed by atoms with Crippen LogP contribution in [-0.2, 0) is 32.7 Å². The SMILES string of the molecule is C[C-]=C(C)C(C)=[C-]C(C)C.[Y]. The van der Waals surface area contributed by atoms with Crippen LogP contribution in [0.2, 0.25) is 0 Å². The van der Waals surface area contributed by atoms with E-state index in [-0.39, 0.29) is 32.7 Å². The third-order valence-electron chi connectivity index (χ3n) is 1.44. The second kappa shape index (κ2) is 7.24. The van der Waals surface area contributed by atoms with Crippen LogP contribution in [0.4, 0.5) is 0 Å². The molecular weight excluding hydrogens is 209 g/mol. The molecule has 0 aromatic carbocycles. The molecule has 0 aromatic rings. The van der Waals surface area contributed by atoms with E-state index >= 15 is 0 Å². The number of hydrogen-bond acceptors (Lipinski definition) is 0. The molecule has 0 amide bonds. The fourth-order valence-corrected chi connectivity index (χ4v) is 0.729. The monoisotopic (exact) mass is 225 g/mol. The van der Waals surface area contributed by atoms with Gasteiger partial charge < -0.3 is 23.3 Å². The predicted octanol–water partition coefficient (Wildman–Crippen LogP) is 3.16. The van der Waals surface area contributed by atoms with Gasteiger partial charge in [-0.1, -0.05) is 13.8 Å². The maximum Gasteiger partial charge on any atom is 0 e. The van der Waals surface area contributed by atoms with Crippen LogP contribution >= 0.6 is 0 Å². The van der Waals surface area contributed by atoms with Gasteiger partial charge in [-0.25, -0.2) is 0 Å². The summed E-state index contributed by atoms with van der Waals surface area (Å²) in [5, 5.41) is 0. The van der Waals surface area contributed by atoms with Crippen molar-refractivity contribution in [3.05, 3.63) is 23.3 Å². The maximum absolute atomic E-state index is 3.31. The van der Waals surface area contributed by atoms with Crippen molar-refractivity contribution in [2.75, 3.05) is 0 Å². The zero-order chi connectivity index (χ0) is 8.15. The molecule has 0 bridgehead atoms. The second-order valence-electron chi connectivity index (χ2n) is 2.80. The Hall–Kier alpha value is 0.584. The Morgan fingerprint density at radius 3 is 1.82 bits per heavy atom. The molecule has 0 spiro atoms. The van der Waals surface area contributed by atoms with Crippen molar-refractivity contribution < 1.29 is 32.7 Å². The zero-order valence-corrected chi connectivity index (χ0v) is 11.0. The molecule has 0 atom stereocenters. The molecular formula is C10H16Y-2. The largest absolute Gasteiger partial charge is 0.376 e. The van der Waals surface area contributed by atoms with Crippen LogP contribution in [0.5, 0.6) is 0 Å². The minimum Gasteiger partial charge on any atom is -0.376 e. The molecule has 0 aliphatic rings. The Bertz CT molecular complexity index is 152. The molecule has 1 heteroatoms. The second-order valence-corrected chi connectivity index (χ2v) is 2.80. The van der Waals surface area contributed by atoms with Gasteiger partial charge in [-0.15, -0.1) is 26.7 Å². The number of hydrogen-bond donors (Lipinski definition) is 0. The third kappa shape index (κ3) is 6.96. The van der Waals surface area contributed by atoms with Crippen LogP contribution in [0.25, 0.3) is 0 Å². The van der Waals surface area contributed by atoms with E-state index in [1.807, 2.05) is 6.92 Å². The Labute approximate surface area is 96.0 Å². The first-order valence-corrected chi connectivity index (χ1v) is 3.69. The summed E-state index contributed by atoms with van der Waals surface area (Å²) >= 11 is 0. The van der Waals surface area contributed by atoms with Gasteiger partial charge in [0, 0.05) is 32.7 Å². The summed E-state index contributed by atoms with van der Waals surface area (Å²) in [6.45, 7) is 10.3. The fourth-order valence-electron chi connectivity index (χ4n) is 0.729. The summed E-state index contributed by atoms with van der Waals surface area (Å²) in [5.41, 5.74) is 2.42. The molecule has 0 fully saturated rings. The van der Waals surface area contributed by atoms with Gasteiger partial charge in [0.1, 0.15) is 0 Å². The van der Waals surface area contributed by atoms with Gasteiger partial charge in [-0.2, -0.15) is 0 Å². The Kier molecular flexibility index (Phi) is 9.30. The standard InChI is InChI=1S/C10H16.Y/c1-6-9(4)10(5)7-8(2)3;/h8H,1-5H3;/q-2;. The van der Waals surface area contributed by atoms with Crippen LogP contribution in [0.1, 0.15) is 34.6 Å². The molecule has 0 aromatic heterocycles. The van der Waals surface area contributed by atoms with Crippen LogP contribution in [0, 0.1) is 18.1 Å². The van der Waals surface area contributed by atoms with E-state index < -0.39 is 0 Å². The first kappa shape index (κ1) is 14.1. The fraction of sp³-hybridized carbons (Fsp3) is 0.600. The summed E-state index contributed by atoms with van der Waals surface area (Å²) in [4.78, 5) is 0. The van der Waals surface area contributed by atoms with Gasteiger partial charge in [0.2, 0.25) is 0 Å². The van der Waals surface area contributed by atoms with Gasteiger partial charge in [0.15, 0.2) is 0 Å². The van der Waals surface area contributed by atoms with Crippen LogP contribution in [-0.4, -0.2) is 0 Å². The summed E-state index contributed by atoms with van der Waals surface area (Å²) in [5.74, 6) is 0.517. The van der Waals surface area contributed by atoms with Crippen molar-refractivity contribution in [2.45, 2.75) is 34.6 Å². The van der Waals surface area contributed by atoms with E-state index in [1.165, 1.54) is 11.1 Å². The minimum atomic E-state index is 0. The average molecular weight is 225 g/mol. The maximum atomic E-state index is 3.31. The van der Waals surface area contributed by atoms with Gasteiger partial charge in [-0.05, 0) is 0 Å². The summed E-state index contributed by atoms with van der Waals surface area (Å²) in [6, 6.07) is 0. The molecule has 0 saturated heterocycles. The van der Waals surface area contributed by atoms with Crippen molar-refractivity contribution in [3.8, 4) is 0 Å². The van der Waals surface area contributed by atoms with Crippen LogP contribution in [0.3, 0.4) is 0 Å². The van der Waals surface area contributed by atoms with Gasteiger partial charge in [0.05, 0.1) is 0 Å². The molecule has 61 valence electrons. The number of rotatable bonds is 2. The topological polar surface area (TPSA) is 0 Å². The molecule has 0 nitrogen and oxygen atoms in total. The first-order valence-electron chi connectivity index (χ1n) is 3.69. The Morgan fingerprint density at radius 2 is 1.55 bits per heavy atom. The molecule has 0 aliphatic carbocycles. The van der Waals surface area contributed by atoms with Gasteiger partial charge in [0.25, 0.3) is 0 Å².